The van der Waals surface area contributed by atoms with E-state index < -0.39 is 5.09 Å². The average molecular weight is 274 g/mol. The smallest absolute Gasteiger partial charge is 0.372 e. The minimum Gasteiger partial charge on any atom is -0.372 e. The molecule has 2 aromatic rings. The lowest BCUT2D eigenvalue weighted by molar-refractivity contribution is -0.969. The molecule has 0 saturated carbocycles. The van der Waals surface area contributed by atoms with E-state index in [0.29, 0.717) is 0 Å². The van der Waals surface area contributed by atoms with Gasteiger partial charge in [0.1, 0.15) is 10.7 Å². The summed E-state index contributed by atoms with van der Waals surface area (Å²) in [6.07, 6.45) is 0.921. The normalized spacial score (nSPS) is 13.1. The highest BCUT2D eigenvalue weighted by atomic mass is 16.9. The maximum atomic E-state index is 8.47. The summed E-state index contributed by atoms with van der Waals surface area (Å²) in [5, 5.41) is 18.4. The van der Waals surface area contributed by atoms with Gasteiger partial charge in [-0.3, -0.25) is 4.99 Å². The van der Waals surface area contributed by atoms with Crippen molar-refractivity contribution in [2.45, 2.75) is 6.42 Å². The van der Waals surface area contributed by atoms with Crippen molar-refractivity contribution in [1.82, 2.24) is 5.32 Å². The van der Waals surface area contributed by atoms with E-state index in [9.17, 15) is 0 Å². The molecule has 0 bridgehead atoms. The van der Waals surface area contributed by atoms with Gasteiger partial charge >= 0.3 is 5.09 Å². The topological polar surface area (TPSA) is 84.9 Å². The summed E-state index contributed by atoms with van der Waals surface area (Å²) in [6.45, 7) is 1.91. The number of nitrogens with zero attached hydrogens (tertiary/aromatic N) is 2. The molecule has 2 aromatic carbocycles. The third-order valence-corrected chi connectivity index (χ3v) is 2.93. The van der Waals surface area contributed by atoms with Crippen LogP contribution in [-0.4, -0.2) is 34.4 Å². The van der Waals surface area contributed by atoms with Crippen LogP contribution >= 0.6 is 0 Å². The second kappa shape index (κ2) is 6.51. The molecule has 6 heteroatoms. The maximum absolute atomic E-state index is 8.47. The quantitative estimate of drug-likeness (QED) is 0.730. The summed E-state index contributed by atoms with van der Waals surface area (Å²) in [5.74, 6) is 1.12. The summed E-state index contributed by atoms with van der Waals surface area (Å²) in [5.41, 5.74) is 1.33. The molecule has 6 nitrogen and oxygen atoms in total. The van der Waals surface area contributed by atoms with Crippen LogP contribution in [0.3, 0.4) is 0 Å². The van der Waals surface area contributed by atoms with Gasteiger partial charge in [0.2, 0.25) is 0 Å². The van der Waals surface area contributed by atoms with Gasteiger partial charge in [-0.1, -0.05) is 42.5 Å². The van der Waals surface area contributed by atoms with Crippen LogP contribution in [0, 0.1) is 4.91 Å². The van der Waals surface area contributed by atoms with E-state index in [4.69, 9.17) is 15.3 Å². The van der Waals surface area contributed by atoms with Crippen molar-refractivity contribution in [2.75, 3.05) is 13.1 Å². The fourth-order valence-electron chi connectivity index (χ4n) is 2.11. The number of benzene rings is 2. The number of fused-ring (bicyclic) bond motifs is 1. The van der Waals surface area contributed by atoms with Crippen LogP contribution < -0.4 is 5.32 Å². The van der Waals surface area contributed by atoms with Crippen molar-refractivity contribution in [1.29, 1.82) is 0 Å². The summed E-state index contributed by atoms with van der Waals surface area (Å²) >= 11 is 0. The second-order valence-corrected chi connectivity index (χ2v) is 4.37. The number of hydrogen-bond donors (Lipinski definition) is 3. The Morgan fingerprint density at radius 3 is 2.50 bits per heavy atom. The van der Waals surface area contributed by atoms with Gasteiger partial charge < -0.3 is 5.32 Å². The van der Waals surface area contributed by atoms with E-state index in [1.807, 2.05) is 0 Å². The lowest BCUT2D eigenvalue weighted by Crippen LogP contribution is -2.20. The molecule has 1 aliphatic rings. The van der Waals surface area contributed by atoms with Crippen molar-refractivity contribution >= 4 is 16.6 Å². The third kappa shape index (κ3) is 3.94. The van der Waals surface area contributed by atoms with Crippen molar-refractivity contribution in [3.05, 3.63) is 52.9 Å². The summed E-state index contributed by atoms with van der Waals surface area (Å²) < 4.78 is 0. The fraction of sp³-hybridized carbons (Fsp3) is 0.214. The van der Waals surface area contributed by atoms with Crippen LogP contribution in [0.2, 0.25) is 0 Å². The Hall–Kier alpha value is -2.63. The minimum atomic E-state index is -1.25. The molecular weight excluding hydrogens is 258 g/mol. The van der Waals surface area contributed by atoms with E-state index in [1.165, 1.54) is 16.3 Å². The van der Waals surface area contributed by atoms with E-state index >= 15 is 0 Å². The number of nitrogens with one attached hydrogen (secondary N) is 1. The Labute approximate surface area is 115 Å². The molecule has 0 saturated heterocycles. The van der Waals surface area contributed by atoms with Crippen molar-refractivity contribution in [3.63, 3.8) is 0 Å². The van der Waals surface area contributed by atoms with Gasteiger partial charge in [0, 0.05) is 13.0 Å². The predicted octanol–water partition coefficient (Wildman–Crippen LogP) is 1.93. The minimum absolute atomic E-state index is 0.920. The molecule has 104 valence electrons. The first-order chi connectivity index (χ1) is 9.65. The van der Waals surface area contributed by atoms with Gasteiger partial charge in [0.25, 0.3) is 0 Å². The largest absolute Gasteiger partial charge is 0.472 e. The van der Waals surface area contributed by atoms with Crippen LogP contribution in [0.15, 0.2) is 47.5 Å². The molecule has 0 radical (unpaired) electrons. The van der Waals surface area contributed by atoms with E-state index in [1.54, 1.807) is 0 Å². The number of amidine groups is 1. The van der Waals surface area contributed by atoms with Crippen molar-refractivity contribution in [3.8, 4) is 0 Å². The highest BCUT2D eigenvalue weighted by Gasteiger charge is 2.05. The van der Waals surface area contributed by atoms with Crippen LogP contribution in [0.5, 0.6) is 0 Å². The van der Waals surface area contributed by atoms with E-state index in [2.05, 4.69) is 52.8 Å². The first-order valence-corrected chi connectivity index (χ1v) is 6.25. The molecule has 0 aliphatic carbocycles. The number of aliphatic imine (C=N–C) groups is 1. The molecular formula is C14H16N3O3+. The average Bonchev–Trinajstić information content (AvgIpc) is 2.91. The lowest BCUT2D eigenvalue weighted by Gasteiger charge is -2.04. The number of hydrogen-bond acceptors (Lipinski definition) is 3. The molecule has 0 atom stereocenters. The summed E-state index contributed by atoms with van der Waals surface area (Å²) in [6, 6.07) is 15.1. The molecule has 0 aromatic heterocycles. The molecule has 0 spiro atoms. The lowest BCUT2D eigenvalue weighted by atomic mass is 10.0. The highest BCUT2D eigenvalue weighted by Crippen LogP contribution is 2.16. The second-order valence-electron chi connectivity index (χ2n) is 4.37. The van der Waals surface area contributed by atoms with Crippen molar-refractivity contribution in [2.24, 2.45) is 4.99 Å². The van der Waals surface area contributed by atoms with Crippen LogP contribution in [0.4, 0.5) is 0 Å². The molecule has 20 heavy (non-hydrogen) atoms. The maximum Gasteiger partial charge on any atom is 0.472 e. The van der Waals surface area contributed by atoms with Gasteiger partial charge in [-0.2, -0.15) is 0 Å². The molecule has 1 aliphatic heterocycles. The standard InChI is InChI=1S/C14H14N2.H2NO3/c1-2-4-13-9-11(5-6-12(13)3-1)10-14-15-7-8-16-14;2-1(3)4/h1-6,9H,7-8,10H2,(H,15,16);(H2,2,3,4)/q;+1. The Morgan fingerprint density at radius 1 is 1.15 bits per heavy atom. The third-order valence-electron chi connectivity index (χ3n) is 2.93. The fourth-order valence-corrected chi connectivity index (χ4v) is 2.11. The van der Waals surface area contributed by atoms with Gasteiger partial charge in [0.05, 0.1) is 6.54 Å². The van der Waals surface area contributed by atoms with Crippen LogP contribution in [0.1, 0.15) is 5.56 Å². The van der Waals surface area contributed by atoms with E-state index in [-0.39, 0.29) is 0 Å². The molecule has 3 rings (SSSR count). The SMILES string of the molecule is O=[N+](O)O.c1ccc2cc(CC3=NCCN3)ccc2c1. The molecule has 3 N–H and O–H groups in total. The van der Waals surface area contributed by atoms with Gasteiger partial charge in [-0.25, -0.2) is 10.4 Å². The summed E-state index contributed by atoms with van der Waals surface area (Å²) in [7, 11) is 0. The van der Waals surface area contributed by atoms with Gasteiger partial charge in [0.15, 0.2) is 0 Å². The van der Waals surface area contributed by atoms with Crippen molar-refractivity contribution < 1.29 is 15.5 Å². The first kappa shape index (κ1) is 13.8. The van der Waals surface area contributed by atoms with E-state index in [0.717, 1.165) is 25.3 Å². The molecule has 0 fully saturated rings. The zero-order valence-corrected chi connectivity index (χ0v) is 10.9. The Bertz CT molecular complexity index is 636. The number of rotatable bonds is 2. The summed E-state index contributed by atoms with van der Waals surface area (Å²) in [4.78, 5) is 12.9. The predicted molar refractivity (Wildman–Crippen MR) is 75.2 cm³/mol. The van der Waals surface area contributed by atoms with Crippen LogP contribution in [-0.2, 0) is 6.42 Å². The first-order valence-electron chi connectivity index (χ1n) is 6.25. The Morgan fingerprint density at radius 2 is 1.85 bits per heavy atom. The van der Waals surface area contributed by atoms with Crippen LogP contribution in [0.25, 0.3) is 10.8 Å². The highest BCUT2D eigenvalue weighted by molar-refractivity contribution is 5.88. The zero-order valence-electron chi connectivity index (χ0n) is 10.9. The molecule has 0 unspecified atom stereocenters. The Kier molecular flexibility index (Phi) is 4.49. The molecule has 0 amide bonds. The van der Waals surface area contributed by atoms with Gasteiger partial charge in [-0.05, 0) is 16.3 Å². The zero-order chi connectivity index (χ0) is 14.4. The monoisotopic (exact) mass is 274 g/mol. The van der Waals surface area contributed by atoms with Gasteiger partial charge in [-0.15, -0.1) is 0 Å². The molecule has 1 heterocycles. The Balaban J connectivity index is 0.000000328.